The molecule has 1 aliphatic rings. The van der Waals surface area contributed by atoms with Gasteiger partial charge in [-0.25, -0.2) is 4.98 Å². The number of anilines is 1. The van der Waals surface area contributed by atoms with Crippen LogP contribution in [-0.2, 0) is 4.74 Å². The molecule has 1 saturated heterocycles. The summed E-state index contributed by atoms with van der Waals surface area (Å²) in [5.41, 5.74) is 5.44. The van der Waals surface area contributed by atoms with Gasteiger partial charge in [-0.3, -0.25) is 20.4 Å². The van der Waals surface area contributed by atoms with Crippen LogP contribution in [-0.4, -0.2) is 43.1 Å². The monoisotopic (exact) mass is 406 g/mol. The molecule has 3 aromatic rings. The average molecular weight is 407 g/mol. The van der Waals surface area contributed by atoms with Crippen LogP contribution in [0.3, 0.4) is 0 Å². The summed E-state index contributed by atoms with van der Waals surface area (Å²) in [6.45, 7) is 2.75. The molecule has 0 atom stereocenters. The van der Waals surface area contributed by atoms with Crippen molar-refractivity contribution in [2.24, 2.45) is 0 Å². The summed E-state index contributed by atoms with van der Waals surface area (Å²) in [6, 6.07) is 6.60. The van der Waals surface area contributed by atoms with Crippen molar-refractivity contribution >= 4 is 50.9 Å². The van der Waals surface area contributed by atoms with Crippen LogP contribution in [0, 0.1) is 0 Å². The van der Waals surface area contributed by atoms with E-state index in [1.165, 1.54) is 11.3 Å². The van der Waals surface area contributed by atoms with Gasteiger partial charge in [-0.2, -0.15) is 0 Å². The van der Waals surface area contributed by atoms with E-state index in [1.54, 1.807) is 29.6 Å². The second-order valence-corrected chi connectivity index (χ2v) is 7.09. The second-order valence-electron chi connectivity index (χ2n) is 5.82. The fourth-order valence-corrected chi connectivity index (χ4v) is 3.67. The third-order valence-electron chi connectivity index (χ3n) is 4.00. The fourth-order valence-electron chi connectivity index (χ4n) is 2.63. The van der Waals surface area contributed by atoms with E-state index in [0.717, 1.165) is 18.2 Å². The van der Waals surface area contributed by atoms with Crippen molar-refractivity contribution in [3.8, 4) is 0 Å². The van der Waals surface area contributed by atoms with Crippen molar-refractivity contribution in [2.45, 2.75) is 0 Å². The molecular weight excluding hydrogens is 392 g/mol. The number of carbonyl (C=O) groups is 2. The highest BCUT2D eigenvalue weighted by molar-refractivity contribution is 7.13. The van der Waals surface area contributed by atoms with E-state index in [4.69, 9.17) is 20.8 Å². The summed E-state index contributed by atoms with van der Waals surface area (Å²) >= 11 is 7.29. The zero-order valence-electron chi connectivity index (χ0n) is 14.0. The van der Waals surface area contributed by atoms with Crippen LogP contribution in [0.5, 0.6) is 0 Å². The number of hydrogen-bond donors (Lipinski definition) is 2. The van der Waals surface area contributed by atoms with Crippen LogP contribution in [0.1, 0.15) is 21.0 Å². The van der Waals surface area contributed by atoms with Gasteiger partial charge in [0, 0.05) is 28.9 Å². The van der Waals surface area contributed by atoms with E-state index in [1.807, 2.05) is 0 Å². The predicted molar refractivity (Wildman–Crippen MR) is 101 cm³/mol. The lowest BCUT2D eigenvalue weighted by molar-refractivity contribution is 0.0830. The molecule has 4 rings (SSSR count). The Kier molecular flexibility index (Phi) is 4.97. The van der Waals surface area contributed by atoms with E-state index in [0.29, 0.717) is 29.2 Å². The van der Waals surface area contributed by atoms with E-state index in [-0.39, 0.29) is 11.5 Å². The number of furan rings is 1. The lowest BCUT2D eigenvalue weighted by Gasteiger charge is -2.25. The summed E-state index contributed by atoms with van der Waals surface area (Å²) in [5.74, 6) is -1.00. The van der Waals surface area contributed by atoms with Crippen LogP contribution in [0.2, 0.25) is 5.02 Å². The number of benzene rings is 1. The molecule has 0 saturated carbocycles. The van der Waals surface area contributed by atoms with Crippen molar-refractivity contribution in [3.63, 3.8) is 0 Å². The average Bonchev–Trinajstić information content (AvgIpc) is 3.33. The fraction of sp³-hybridized carbons (Fsp3) is 0.235. The molecule has 10 heteroatoms. The molecule has 0 spiro atoms. The highest BCUT2D eigenvalue weighted by Gasteiger charge is 2.19. The van der Waals surface area contributed by atoms with E-state index < -0.39 is 11.8 Å². The van der Waals surface area contributed by atoms with Gasteiger partial charge in [0.1, 0.15) is 11.3 Å². The first-order valence-electron chi connectivity index (χ1n) is 8.18. The number of hydrogen-bond acceptors (Lipinski definition) is 7. The molecule has 1 aliphatic heterocycles. The second kappa shape index (κ2) is 7.55. The molecule has 8 nitrogen and oxygen atoms in total. The van der Waals surface area contributed by atoms with Crippen LogP contribution >= 0.6 is 22.9 Å². The van der Waals surface area contributed by atoms with Gasteiger partial charge in [-0.05, 0) is 24.3 Å². The Morgan fingerprint density at radius 2 is 1.93 bits per heavy atom. The van der Waals surface area contributed by atoms with Gasteiger partial charge in [-0.15, -0.1) is 11.3 Å². The lowest BCUT2D eigenvalue weighted by Crippen LogP contribution is -2.41. The molecule has 0 bridgehead atoms. The standard InChI is InChI=1S/C17H15ClN4O4S/c18-11-1-2-13-10(7-11)8-14(26-13)16(24)21-20-15(23)12-9-27-17(19-12)22-3-5-25-6-4-22/h1-2,7-9H,3-6H2,(H,20,23)(H,21,24). The summed E-state index contributed by atoms with van der Waals surface area (Å²) < 4.78 is 10.8. The Balaban J connectivity index is 1.38. The minimum absolute atomic E-state index is 0.0693. The largest absolute Gasteiger partial charge is 0.451 e. The van der Waals surface area contributed by atoms with Gasteiger partial charge in [0.2, 0.25) is 0 Å². The molecule has 3 heterocycles. The van der Waals surface area contributed by atoms with Crippen LogP contribution in [0.25, 0.3) is 11.0 Å². The maximum absolute atomic E-state index is 12.2. The summed E-state index contributed by atoms with van der Waals surface area (Å²) in [4.78, 5) is 30.8. The van der Waals surface area contributed by atoms with Crippen LogP contribution < -0.4 is 15.8 Å². The van der Waals surface area contributed by atoms with Crippen molar-refractivity contribution in [1.29, 1.82) is 0 Å². The number of morpholine rings is 1. The van der Waals surface area contributed by atoms with Crippen molar-refractivity contribution in [3.05, 3.63) is 46.1 Å². The lowest BCUT2D eigenvalue weighted by atomic mass is 10.2. The number of ether oxygens (including phenoxy) is 1. The molecule has 0 aliphatic carbocycles. The van der Waals surface area contributed by atoms with Crippen LogP contribution in [0.4, 0.5) is 5.13 Å². The number of nitrogens with one attached hydrogen (secondary N) is 2. The third-order valence-corrected chi connectivity index (χ3v) is 5.13. The number of nitrogens with zero attached hydrogens (tertiary/aromatic N) is 2. The van der Waals surface area contributed by atoms with Crippen LogP contribution in [0.15, 0.2) is 34.1 Å². The normalized spacial score (nSPS) is 14.3. The van der Waals surface area contributed by atoms with E-state index >= 15 is 0 Å². The van der Waals surface area contributed by atoms with E-state index in [9.17, 15) is 9.59 Å². The SMILES string of the molecule is O=C(NNC(=O)c1cc2cc(Cl)ccc2o1)c1csc(N2CCOCC2)n1. The highest BCUT2D eigenvalue weighted by Crippen LogP contribution is 2.23. The Hall–Kier alpha value is -2.62. The van der Waals surface area contributed by atoms with Gasteiger partial charge in [0.05, 0.1) is 13.2 Å². The zero-order valence-corrected chi connectivity index (χ0v) is 15.6. The molecule has 27 heavy (non-hydrogen) atoms. The van der Waals surface area contributed by atoms with E-state index in [2.05, 4.69) is 20.7 Å². The van der Waals surface area contributed by atoms with Crippen molar-refractivity contribution < 1.29 is 18.7 Å². The van der Waals surface area contributed by atoms with Crippen molar-refractivity contribution in [2.75, 3.05) is 31.2 Å². The quantitative estimate of drug-likeness (QED) is 0.648. The first-order chi connectivity index (χ1) is 13.1. The van der Waals surface area contributed by atoms with Gasteiger partial charge in [-0.1, -0.05) is 11.6 Å². The Labute approximate surface area is 163 Å². The molecule has 140 valence electrons. The zero-order chi connectivity index (χ0) is 18.8. The topological polar surface area (TPSA) is 96.7 Å². The molecule has 1 fully saturated rings. The predicted octanol–water partition coefficient (Wildman–Crippen LogP) is 2.45. The maximum atomic E-state index is 12.2. The van der Waals surface area contributed by atoms with Gasteiger partial charge >= 0.3 is 5.91 Å². The third kappa shape index (κ3) is 3.90. The summed E-state index contributed by atoms with van der Waals surface area (Å²) in [7, 11) is 0. The molecule has 2 N–H and O–H groups in total. The molecular formula is C17H15ClN4O4S. The maximum Gasteiger partial charge on any atom is 0.305 e. The molecule has 0 radical (unpaired) electrons. The molecule has 1 aromatic carbocycles. The number of thiazole rings is 1. The minimum atomic E-state index is -0.570. The Morgan fingerprint density at radius 3 is 2.74 bits per heavy atom. The number of aromatic nitrogens is 1. The van der Waals surface area contributed by atoms with Gasteiger partial charge in [0.15, 0.2) is 10.9 Å². The van der Waals surface area contributed by atoms with Gasteiger partial charge < -0.3 is 14.1 Å². The first-order valence-corrected chi connectivity index (χ1v) is 9.44. The minimum Gasteiger partial charge on any atom is -0.451 e. The number of halogens is 1. The number of fused-ring (bicyclic) bond motifs is 1. The van der Waals surface area contributed by atoms with Crippen molar-refractivity contribution in [1.82, 2.24) is 15.8 Å². The Morgan fingerprint density at radius 1 is 1.15 bits per heavy atom. The first kappa shape index (κ1) is 17.8. The number of hydrazine groups is 1. The summed E-state index contributed by atoms with van der Waals surface area (Å²) in [6.07, 6.45) is 0. The number of carbonyl (C=O) groups excluding carboxylic acids is 2. The number of amides is 2. The molecule has 2 amide bonds. The number of rotatable bonds is 3. The Bertz CT molecular complexity index is 996. The summed E-state index contributed by atoms with van der Waals surface area (Å²) in [5, 5.41) is 3.65. The highest BCUT2D eigenvalue weighted by atomic mass is 35.5. The molecule has 0 unspecified atom stereocenters. The molecule has 2 aromatic heterocycles. The smallest absolute Gasteiger partial charge is 0.305 e. The van der Waals surface area contributed by atoms with Gasteiger partial charge in [0.25, 0.3) is 5.91 Å².